The lowest BCUT2D eigenvalue weighted by atomic mass is 9.93. The fraction of sp³-hybridized carbons (Fsp3) is 0.280. The zero-order valence-corrected chi connectivity index (χ0v) is 18.2. The number of aromatic nitrogens is 2. The van der Waals surface area contributed by atoms with Crippen molar-refractivity contribution in [3.63, 3.8) is 0 Å². The van der Waals surface area contributed by atoms with E-state index >= 15 is 0 Å². The number of hydrogen-bond acceptors (Lipinski definition) is 5. The van der Waals surface area contributed by atoms with Gasteiger partial charge in [0.25, 0.3) is 0 Å². The lowest BCUT2D eigenvalue weighted by Gasteiger charge is -2.36. The van der Waals surface area contributed by atoms with Crippen LogP contribution < -0.4 is 11.5 Å². The highest BCUT2D eigenvalue weighted by molar-refractivity contribution is 5.93. The van der Waals surface area contributed by atoms with Crippen molar-refractivity contribution in [3.05, 3.63) is 77.4 Å². The molecule has 2 heterocycles. The van der Waals surface area contributed by atoms with Gasteiger partial charge in [0.05, 0.1) is 11.7 Å². The summed E-state index contributed by atoms with van der Waals surface area (Å²) < 4.78 is 13.2. The number of halogens is 1. The number of primary amides is 1. The Labute approximate surface area is 191 Å². The Morgan fingerprint density at radius 1 is 1.06 bits per heavy atom. The van der Waals surface area contributed by atoms with Gasteiger partial charge in [-0.2, -0.15) is 0 Å². The van der Waals surface area contributed by atoms with Crippen molar-refractivity contribution in [2.75, 3.05) is 12.3 Å². The highest BCUT2D eigenvalue weighted by Crippen LogP contribution is 2.36. The molecule has 0 aliphatic carbocycles. The van der Waals surface area contributed by atoms with E-state index in [0.717, 1.165) is 36.0 Å². The summed E-state index contributed by atoms with van der Waals surface area (Å²) in [5.41, 5.74) is 14.9. The first kappa shape index (κ1) is 22.4. The van der Waals surface area contributed by atoms with Crippen molar-refractivity contribution in [1.29, 1.82) is 0 Å². The van der Waals surface area contributed by atoms with Crippen molar-refractivity contribution < 1.29 is 14.0 Å². The fourth-order valence-electron chi connectivity index (χ4n) is 4.26. The molecule has 2 amide bonds. The van der Waals surface area contributed by atoms with Gasteiger partial charge in [-0.1, -0.05) is 24.3 Å². The summed E-state index contributed by atoms with van der Waals surface area (Å²) in [6.45, 7) is 0.636. The smallest absolute Gasteiger partial charge is 0.248 e. The van der Waals surface area contributed by atoms with Gasteiger partial charge < -0.3 is 16.4 Å². The molecule has 0 radical (unpaired) electrons. The van der Waals surface area contributed by atoms with Gasteiger partial charge in [0.1, 0.15) is 5.82 Å². The fourth-order valence-corrected chi connectivity index (χ4v) is 4.26. The first-order valence-electron chi connectivity index (χ1n) is 11.0. The number of nitrogens with zero attached hydrogens (tertiary/aromatic N) is 3. The first-order valence-corrected chi connectivity index (χ1v) is 11.0. The average Bonchev–Trinajstić information content (AvgIpc) is 2.83. The van der Waals surface area contributed by atoms with E-state index in [1.807, 2.05) is 4.90 Å². The number of benzene rings is 2. The minimum Gasteiger partial charge on any atom is -0.368 e. The van der Waals surface area contributed by atoms with Crippen LogP contribution in [0.2, 0.25) is 0 Å². The molecule has 4 rings (SSSR count). The molecule has 1 aromatic heterocycles. The normalized spacial score (nSPS) is 15.9. The molecular weight excluding hydrogens is 421 g/mol. The van der Waals surface area contributed by atoms with E-state index in [-0.39, 0.29) is 23.7 Å². The molecule has 170 valence electrons. The van der Waals surface area contributed by atoms with Crippen LogP contribution in [0.1, 0.15) is 53.3 Å². The standard InChI is InChI=1S/C25H26FN5O2/c26-19-11-4-16(5-12-19)6-13-22(32)31-14-2-1-3-21(31)23-20(15-29-25(28)30-23)17-7-9-18(10-8-17)24(27)33/h4-5,7-12,15,21H,1-3,6,13-14H2,(H2,27,33)(H2,28,29,30). The van der Waals surface area contributed by atoms with Crippen LogP contribution in [0.4, 0.5) is 10.3 Å². The Morgan fingerprint density at radius 3 is 2.48 bits per heavy atom. The second-order valence-corrected chi connectivity index (χ2v) is 8.19. The molecule has 1 atom stereocenters. The van der Waals surface area contributed by atoms with Gasteiger partial charge in [-0.3, -0.25) is 9.59 Å². The third kappa shape index (κ3) is 5.16. The molecule has 2 aromatic carbocycles. The zero-order chi connectivity index (χ0) is 23.4. The van der Waals surface area contributed by atoms with Crippen LogP contribution in [0.3, 0.4) is 0 Å². The number of carbonyl (C=O) groups is 2. The Balaban J connectivity index is 1.60. The molecule has 0 saturated carbocycles. The van der Waals surface area contributed by atoms with Gasteiger partial charge in [0.15, 0.2) is 0 Å². The average molecular weight is 448 g/mol. The Hall–Kier alpha value is -3.81. The van der Waals surface area contributed by atoms with E-state index in [9.17, 15) is 14.0 Å². The molecule has 1 unspecified atom stereocenters. The first-order chi connectivity index (χ1) is 15.9. The lowest BCUT2D eigenvalue weighted by Crippen LogP contribution is -2.39. The second kappa shape index (κ2) is 9.77. The summed E-state index contributed by atoms with van der Waals surface area (Å²) in [4.78, 5) is 35.2. The number of carbonyl (C=O) groups excluding carboxylic acids is 2. The highest BCUT2D eigenvalue weighted by atomic mass is 19.1. The molecule has 7 nitrogen and oxygen atoms in total. The van der Waals surface area contributed by atoms with E-state index in [0.29, 0.717) is 30.6 Å². The summed E-state index contributed by atoms with van der Waals surface area (Å²) in [5, 5.41) is 0. The third-order valence-electron chi connectivity index (χ3n) is 6.00. The van der Waals surface area contributed by atoms with E-state index in [4.69, 9.17) is 11.5 Å². The van der Waals surface area contributed by atoms with Crippen LogP contribution >= 0.6 is 0 Å². The molecular formula is C25H26FN5O2. The third-order valence-corrected chi connectivity index (χ3v) is 6.00. The van der Waals surface area contributed by atoms with Gasteiger partial charge in [0.2, 0.25) is 17.8 Å². The van der Waals surface area contributed by atoms with Gasteiger partial charge in [-0.15, -0.1) is 0 Å². The van der Waals surface area contributed by atoms with Crippen LogP contribution in [0.25, 0.3) is 11.1 Å². The predicted molar refractivity (Wildman–Crippen MR) is 123 cm³/mol. The monoisotopic (exact) mass is 447 g/mol. The highest BCUT2D eigenvalue weighted by Gasteiger charge is 2.31. The maximum Gasteiger partial charge on any atom is 0.248 e. The van der Waals surface area contributed by atoms with Gasteiger partial charge in [0, 0.05) is 30.3 Å². The topological polar surface area (TPSA) is 115 Å². The summed E-state index contributed by atoms with van der Waals surface area (Å²) in [7, 11) is 0. The van der Waals surface area contributed by atoms with Crippen LogP contribution in [0, 0.1) is 5.82 Å². The molecule has 1 aliphatic heterocycles. The van der Waals surface area contributed by atoms with Gasteiger partial charge >= 0.3 is 0 Å². The molecule has 1 aliphatic rings. The summed E-state index contributed by atoms with van der Waals surface area (Å²) >= 11 is 0. The van der Waals surface area contributed by atoms with Crippen LogP contribution in [0.5, 0.6) is 0 Å². The minimum atomic E-state index is -0.500. The lowest BCUT2D eigenvalue weighted by molar-refractivity contribution is -0.135. The van der Waals surface area contributed by atoms with Gasteiger partial charge in [-0.05, 0) is 61.1 Å². The van der Waals surface area contributed by atoms with Crippen LogP contribution in [-0.2, 0) is 11.2 Å². The summed E-state index contributed by atoms with van der Waals surface area (Å²) in [6, 6.07) is 12.9. The summed E-state index contributed by atoms with van der Waals surface area (Å²) in [6.07, 6.45) is 5.18. The molecule has 0 bridgehead atoms. The second-order valence-electron chi connectivity index (χ2n) is 8.19. The molecule has 1 saturated heterocycles. The van der Waals surface area contributed by atoms with Crippen molar-refractivity contribution in [2.45, 2.75) is 38.1 Å². The van der Waals surface area contributed by atoms with Crippen molar-refractivity contribution >= 4 is 17.8 Å². The number of rotatable bonds is 6. The van der Waals surface area contributed by atoms with E-state index < -0.39 is 5.91 Å². The maximum absolute atomic E-state index is 13.2. The summed E-state index contributed by atoms with van der Waals surface area (Å²) in [5.74, 6) is -0.623. The minimum absolute atomic E-state index is 0.0243. The number of aryl methyl sites for hydroxylation is 1. The Morgan fingerprint density at radius 2 is 1.79 bits per heavy atom. The predicted octanol–water partition coefficient (Wildman–Crippen LogP) is 3.65. The van der Waals surface area contributed by atoms with Crippen molar-refractivity contribution in [2.24, 2.45) is 5.73 Å². The largest absolute Gasteiger partial charge is 0.368 e. The number of hydrogen-bond donors (Lipinski definition) is 2. The Bertz CT molecular complexity index is 1150. The molecule has 33 heavy (non-hydrogen) atoms. The number of piperidine rings is 1. The van der Waals surface area contributed by atoms with E-state index in [2.05, 4.69) is 9.97 Å². The number of anilines is 1. The number of nitrogens with two attached hydrogens (primary N) is 2. The van der Waals surface area contributed by atoms with Crippen molar-refractivity contribution in [3.8, 4) is 11.1 Å². The Kier molecular flexibility index (Phi) is 6.63. The SMILES string of the molecule is NC(=O)c1ccc(-c2cnc(N)nc2C2CCCCN2C(=O)CCc2ccc(F)cc2)cc1. The molecule has 4 N–H and O–H groups in total. The number of likely N-dealkylation sites (tertiary alicyclic amines) is 1. The van der Waals surface area contributed by atoms with Crippen LogP contribution in [-0.4, -0.2) is 33.2 Å². The van der Waals surface area contributed by atoms with Gasteiger partial charge in [-0.25, -0.2) is 14.4 Å². The van der Waals surface area contributed by atoms with E-state index in [1.165, 1.54) is 12.1 Å². The maximum atomic E-state index is 13.2. The van der Waals surface area contributed by atoms with E-state index in [1.54, 1.807) is 42.6 Å². The van der Waals surface area contributed by atoms with Crippen molar-refractivity contribution in [1.82, 2.24) is 14.9 Å². The van der Waals surface area contributed by atoms with Crippen LogP contribution in [0.15, 0.2) is 54.7 Å². The zero-order valence-electron chi connectivity index (χ0n) is 18.2. The number of nitrogen functional groups attached to an aromatic ring is 1. The molecule has 1 fully saturated rings. The quantitative estimate of drug-likeness (QED) is 0.598. The molecule has 3 aromatic rings. The molecule has 8 heteroatoms. The number of amides is 2. The molecule has 0 spiro atoms.